The van der Waals surface area contributed by atoms with Crippen LogP contribution in [0.2, 0.25) is 0 Å². The van der Waals surface area contributed by atoms with Gasteiger partial charge in [0.25, 0.3) is 0 Å². The molecule has 1 aliphatic rings. The third-order valence-corrected chi connectivity index (χ3v) is 6.92. The third-order valence-electron chi connectivity index (χ3n) is 3.10. The molecule has 1 aromatic rings. The number of benzene rings is 1. The molecule has 1 aromatic carbocycles. The van der Waals surface area contributed by atoms with Crippen LogP contribution in [0.25, 0.3) is 0 Å². The molecule has 6 nitrogen and oxygen atoms in total. The van der Waals surface area contributed by atoms with Crippen LogP contribution in [0, 0.1) is 0 Å². The summed E-state index contributed by atoms with van der Waals surface area (Å²) in [6.45, 7) is 1.60. The van der Waals surface area contributed by atoms with Gasteiger partial charge in [-0.25, -0.2) is 16.8 Å². The zero-order valence-corrected chi connectivity index (χ0v) is 12.1. The van der Waals surface area contributed by atoms with Crippen LogP contribution in [0.3, 0.4) is 0 Å². The van der Waals surface area contributed by atoms with Gasteiger partial charge in [-0.05, 0) is 31.2 Å². The first-order chi connectivity index (χ1) is 8.72. The van der Waals surface area contributed by atoms with Crippen LogP contribution < -0.4 is 5.73 Å². The number of nitrogens with zero attached hydrogens (tertiary/aromatic N) is 1. The van der Waals surface area contributed by atoms with Crippen molar-refractivity contribution in [3.63, 3.8) is 0 Å². The lowest BCUT2D eigenvalue weighted by atomic mass is 10.3. The number of sulfonamides is 1. The Balaban J connectivity index is 2.33. The van der Waals surface area contributed by atoms with E-state index >= 15 is 0 Å². The van der Waals surface area contributed by atoms with Gasteiger partial charge in [-0.1, -0.05) is 0 Å². The van der Waals surface area contributed by atoms with Crippen molar-refractivity contribution in [3.8, 4) is 0 Å². The second-order valence-corrected chi connectivity index (χ2v) is 8.77. The van der Waals surface area contributed by atoms with Gasteiger partial charge in [-0.2, -0.15) is 4.31 Å². The molecule has 1 heterocycles. The molecular formula is C11H16N2O4S2. The average molecular weight is 304 g/mol. The Morgan fingerprint density at radius 1 is 1.26 bits per heavy atom. The molecule has 0 saturated carbocycles. The van der Waals surface area contributed by atoms with Crippen molar-refractivity contribution in [1.29, 1.82) is 0 Å². The minimum absolute atomic E-state index is 0.00376. The number of hydrogen-bond donors (Lipinski definition) is 1. The monoisotopic (exact) mass is 304 g/mol. The van der Waals surface area contributed by atoms with Gasteiger partial charge in [0.15, 0.2) is 9.84 Å². The Morgan fingerprint density at radius 3 is 2.37 bits per heavy atom. The molecule has 19 heavy (non-hydrogen) atoms. The predicted octanol–water partition coefficient (Wildman–Crippen LogP) is 0.0764. The van der Waals surface area contributed by atoms with Crippen LogP contribution in [-0.4, -0.2) is 45.2 Å². The SMILES string of the molecule is CC1CS(=O)(=O)CCN1S(=O)(=O)c1ccc(N)cc1. The molecule has 0 aromatic heterocycles. The van der Waals surface area contributed by atoms with E-state index in [4.69, 9.17) is 5.73 Å². The van der Waals surface area contributed by atoms with Crippen LogP contribution in [0.5, 0.6) is 0 Å². The fourth-order valence-electron chi connectivity index (χ4n) is 2.12. The molecule has 1 unspecified atom stereocenters. The third kappa shape index (κ3) is 2.90. The van der Waals surface area contributed by atoms with Gasteiger partial charge < -0.3 is 5.73 Å². The Bertz CT molecular complexity index is 665. The number of anilines is 1. The highest BCUT2D eigenvalue weighted by molar-refractivity contribution is 7.92. The van der Waals surface area contributed by atoms with E-state index in [0.717, 1.165) is 0 Å². The maximum Gasteiger partial charge on any atom is 0.243 e. The summed E-state index contributed by atoms with van der Waals surface area (Å²) >= 11 is 0. The molecule has 106 valence electrons. The van der Waals surface area contributed by atoms with E-state index in [-0.39, 0.29) is 22.9 Å². The number of nitrogen functional groups attached to an aromatic ring is 1. The second kappa shape index (κ2) is 4.77. The van der Waals surface area contributed by atoms with Crippen LogP contribution in [0.1, 0.15) is 6.92 Å². The van der Waals surface area contributed by atoms with Gasteiger partial charge in [0.1, 0.15) is 0 Å². The molecule has 0 spiro atoms. The highest BCUT2D eigenvalue weighted by Crippen LogP contribution is 2.22. The summed E-state index contributed by atoms with van der Waals surface area (Å²) in [5.74, 6) is -0.271. The maximum absolute atomic E-state index is 12.4. The number of nitrogens with two attached hydrogens (primary N) is 1. The molecule has 1 fully saturated rings. The van der Waals surface area contributed by atoms with Crippen LogP contribution in [0.15, 0.2) is 29.2 Å². The lowest BCUT2D eigenvalue weighted by Crippen LogP contribution is -2.49. The van der Waals surface area contributed by atoms with Crippen molar-refractivity contribution < 1.29 is 16.8 Å². The Hall–Kier alpha value is -1.12. The second-order valence-electron chi connectivity index (χ2n) is 4.65. The standard InChI is InChI=1S/C11H16N2O4S2/c1-9-8-18(14,15)7-6-13(9)19(16,17)11-4-2-10(12)3-5-11/h2-5,9H,6-8,12H2,1H3. The summed E-state index contributed by atoms with van der Waals surface area (Å²) in [5.41, 5.74) is 6.00. The van der Waals surface area contributed by atoms with E-state index in [1.807, 2.05) is 0 Å². The summed E-state index contributed by atoms with van der Waals surface area (Å²) in [6, 6.07) is 5.33. The highest BCUT2D eigenvalue weighted by Gasteiger charge is 2.36. The molecule has 0 bridgehead atoms. The van der Waals surface area contributed by atoms with E-state index in [1.165, 1.54) is 28.6 Å². The maximum atomic E-state index is 12.4. The van der Waals surface area contributed by atoms with Crippen LogP contribution >= 0.6 is 0 Å². The van der Waals surface area contributed by atoms with E-state index in [9.17, 15) is 16.8 Å². The van der Waals surface area contributed by atoms with Crippen molar-refractivity contribution in [2.45, 2.75) is 17.9 Å². The molecular weight excluding hydrogens is 288 g/mol. The molecule has 2 rings (SSSR count). The fourth-order valence-corrected chi connectivity index (χ4v) is 5.51. The summed E-state index contributed by atoms with van der Waals surface area (Å²) in [4.78, 5) is 0.132. The zero-order valence-electron chi connectivity index (χ0n) is 10.5. The van der Waals surface area contributed by atoms with Gasteiger partial charge >= 0.3 is 0 Å². The first-order valence-electron chi connectivity index (χ1n) is 5.80. The van der Waals surface area contributed by atoms with E-state index in [2.05, 4.69) is 0 Å². The first-order valence-corrected chi connectivity index (χ1v) is 9.06. The van der Waals surface area contributed by atoms with Crippen LogP contribution in [0.4, 0.5) is 5.69 Å². The molecule has 0 aliphatic carbocycles. The molecule has 1 saturated heterocycles. The zero-order chi connectivity index (χ0) is 14.3. The average Bonchev–Trinajstić information content (AvgIpc) is 2.27. The molecule has 1 atom stereocenters. The lowest BCUT2D eigenvalue weighted by Gasteiger charge is -2.32. The lowest BCUT2D eigenvalue weighted by molar-refractivity contribution is 0.357. The molecule has 2 N–H and O–H groups in total. The topological polar surface area (TPSA) is 97.5 Å². The van der Waals surface area contributed by atoms with Gasteiger partial charge in [-0.15, -0.1) is 0 Å². The van der Waals surface area contributed by atoms with Gasteiger partial charge in [0.05, 0.1) is 16.4 Å². The van der Waals surface area contributed by atoms with Crippen LogP contribution in [-0.2, 0) is 19.9 Å². The molecule has 0 radical (unpaired) electrons. The van der Waals surface area contributed by atoms with Gasteiger partial charge in [-0.3, -0.25) is 0 Å². The van der Waals surface area contributed by atoms with Crippen molar-refractivity contribution in [2.75, 3.05) is 23.8 Å². The van der Waals surface area contributed by atoms with E-state index in [1.54, 1.807) is 6.92 Å². The minimum Gasteiger partial charge on any atom is -0.399 e. The number of hydrogen-bond acceptors (Lipinski definition) is 5. The highest BCUT2D eigenvalue weighted by atomic mass is 32.2. The number of sulfone groups is 1. The van der Waals surface area contributed by atoms with Gasteiger partial charge in [0, 0.05) is 18.3 Å². The minimum atomic E-state index is -3.66. The Morgan fingerprint density at radius 2 is 1.84 bits per heavy atom. The normalized spacial score (nSPS) is 24.2. The summed E-state index contributed by atoms with van der Waals surface area (Å²) in [5, 5.41) is 0. The predicted molar refractivity (Wildman–Crippen MR) is 72.9 cm³/mol. The van der Waals surface area contributed by atoms with Gasteiger partial charge in [0.2, 0.25) is 10.0 Å². The van der Waals surface area contributed by atoms with E-state index < -0.39 is 25.9 Å². The molecule has 0 amide bonds. The smallest absolute Gasteiger partial charge is 0.243 e. The quantitative estimate of drug-likeness (QED) is 0.780. The van der Waals surface area contributed by atoms with E-state index in [0.29, 0.717) is 5.69 Å². The first kappa shape index (κ1) is 14.3. The van der Waals surface area contributed by atoms with Crippen molar-refractivity contribution in [3.05, 3.63) is 24.3 Å². The summed E-state index contributed by atoms with van der Waals surface area (Å²) in [7, 11) is -6.80. The van der Waals surface area contributed by atoms with Crippen molar-refractivity contribution >= 4 is 25.5 Å². The summed E-state index contributed by atoms with van der Waals surface area (Å²) in [6.07, 6.45) is 0. The number of rotatable bonds is 2. The molecule has 8 heteroatoms. The largest absolute Gasteiger partial charge is 0.399 e. The molecule has 1 aliphatic heterocycles. The Kier molecular flexibility index (Phi) is 3.59. The Labute approximate surface area is 113 Å². The van der Waals surface area contributed by atoms with Crippen molar-refractivity contribution in [1.82, 2.24) is 4.31 Å². The summed E-state index contributed by atoms with van der Waals surface area (Å²) < 4.78 is 49.0. The van der Waals surface area contributed by atoms with Crippen molar-refractivity contribution in [2.24, 2.45) is 0 Å². The fraction of sp³-hybridized carbons (Fsp3) is 0.455.